The van der Waals surface area contributed by atoms with Crippen LogP contribution in [-0.4, -0.2) is 4.98 Å². The van der Waals surface area contributed by atoms with E-state index >= 15 is 0 Å². The molecular formula is C25H29NS. The Hall–Kier alpha value is -1.67. The lowest BCUT2D eigenvalue weighted by atomic mass is 9.70. The average molecular weight is 376 g/mol. The number of aryl methyl sites for hydroxylation is 3. The summed E-state index contributed by atoms with van der Waals surface area (Å²) in [5.41, 5.74) is 7.81. The number of aromatic nitrogens is 1. The van der Waals surface area contributed by atoms with Crippen LogP contribution in [0, 0.1) is 11.3 Å². The summed E-state index contributed by atoms with van der Waals surface area (Å²) in [7, 11) is 0. The highest BCUT2D eigenvalue weighted by atomic mass is 32.1. The topological polar surface area (TPSA) is 12.9 Å². The predicted octanol–water partition coefficient (Wildman–Crippen LogP) is 6.99. The predicted molar refractivity (Wildman–Crippen MR) is 117 cm³/mol. The van der Waals surface area contributed by atoms with E-state index in [-0.39, 0.29) is 0 Å². The second-order valence-corrected chi connectivity index (χ2v) is 10.6. The molecule has 5 rings (SSSR count). The molecule has 0 bridgehead atoms. The van der Waals surface area contributed by atoms with Crippen LogP contribution in [0.2, 0.25) is 0 Å². The molecule has 140 valence electrons. The summed E-state index contributed by atoms with van der Waals surface area (Å²) in [4.78, 5) is 8.15. The maximum absolute atomic E-state index is 5.24. The highest BCUT2D eigenvalue weighted by molar-refractivity contribution is 7.19. The van der Waals surface area contributed by atoms with Crippen LogP contribution in [0.4, 0.5) is 0 Å². The Morgan fingerprint density at radius 1 is 0.963 bits per heavy atom. The summed E-state index contributed by atoms with van der Waals surface area (Å²) in [5.74, 6) is 0.737. The van der Waals surface area contributed by atoms with Crippen molar-refractivity contribution in [1.29, 1.82) is 0 Å². The molecule has 27 heavy (non-hydrogen) atoms. The molecule has 0 spiro atoms. The molecule has 0 radical (unpaired) electrons. The highest BCUT2D eigenvalue weighted by Gasteiger charge is 2.33. The van der Waals surface area contributed by atoms with Crippen molar-refractivity contribution >= 4 is 21.6 Å². The van der Waals surface area contributed by atoms with E-state index in [4.69, 9.17) is 4.98 Å². The third-order valence-corrected chi connectivity index (χ3v) is 7.94. The third-order valence-electron chi connectivity index (χ3n) is 6.76. The summed E-state index contributed by atoms with van der Waals surface area (Å²) in [5, 5.41) is 1.49. The molecule has 1 atom stereocenters. The minimum atomic E-state index is 0.356. The molecule has 2 aliphatic carbocycles. The largest absolute Gasteiger partial charge is 0.242 e. The molecule has 0 saturated heterocycles. The zero-order valence-electron chi connectivity index (χ0n) is 16.8. The summed E-state index contributed by atoms with van der Waals surface area (Å²) in [6, 6.07) is 11.1. The van der Waals surface area contributed by atoms with Gasteiger partial charge in [-0.1, -0.05) is 51.1 Å². The average Bonchev–Trinajstić information content (AvgIpc) is 3.03. The van der Waals surface area contributed by atoms with Gasteiger partial charge >= 0.3 is 0 Å². The molecule has 0 saturated carbocycles. The first-order valence-electron chi connectivity index (χ1n) is 10.5. The maximum Gasteiger partial charge on any atom is 0.124 e. The molecule has 0 N–H and O–H groups in total. The Balaban J connectivity index is 1.80. The quantitative estimate of drug-likeness (QED) is 0.446. The van der Waals surface area contributed by atoms with Crippen LogP contribution in [0.5, 0.6) is 0 Å². The van der Waals surface area contributed by atoms with Crippen LogP contribution in [-0.2, 0) is 25.7 Å². The first kappa shape index (κ1) is 17.4. The Morgan fingerprint density at radius 3 is 2.52 bits per heavy atom. The van der Waals surface area contributed by atoms with Crippen molar-refractivity contribution in [3.63, 3.8) is 0 Å². The molecule has 1 unspecified atom stereocenters. The second-order valence-electron chi connectivity index (χ2n) is 9.47. The van der Waals surface area contributed by atoms with Gasteiger partial charge in [0, 0.05) is 16.0 Å². The summed E-state index contributed by atoms with van der Waals surface area (Å²) < 4.78 is 0. The van der Waals surface area contributed by atoms with E-state index < -0.39 is 0 Å². The van der Waals surface area contributed by atoms with E-state index in [2.05, 4.69) is 51.1 Å². The van der Waals surface area contributed by atoms with Crippen molar-refractivity contribution in [1.82, 2.24) is 4.98 Å². The monoisotopic (exact) mass is 375 g/mol. The second kappa shape index (κ2) is 6.44. The Bertz CT molecular complexity index is 991. The van der Waals surface area contributed by atoms with E-state index in [0.29, 0.717) is 5.41 Å². The number of rotatable bonds is 1. The number of pyridine rings is 1. The van der Waals surface area contributed by atoms with Crippen molar-refractivity contribution in [2.45, 2.75) is 65.7 Å². The molecule has 2 aromatic heterocycles. The smallest absolute Gasteiger partial charge is 0.124 e. The van der Waals surface area contributed by atoms with Gasteiger partial charge in [-0.05, 0) is 78.5 Å². The first-order chi connectivity index (χ1) is 13.0. The standard InChI is InChI=1S/C25H29NS/c1-25(2,3)17-13-14-20-19(15-17)22(16-9-5-4-6-10-16)23-18-11-7-8-12-21(18)27-24(23)26-20/h4-6,9-10,17H,7-8,11-15H2,1-3H3. The van der Waals surface area contributed by atoms with Crippen molar-refractivity contribution in [3.8, 4) is 11.1 Å². The van der Waals surface area contributed by atoms with E-state index in [1.807, 2.05) is 11.3 Å². The zero-order valence-corrected chi connectivity index (χ0v) is 17.6. The van der Waals surface area contributed by atoms with Gasteiger partial charge in [0.15, 0.2) is 0 Å². The molecule has 0 aliphatic heterocycles. The van der Waals surface area contributed by atoms with E-state index in [1.54, 1.807) is 16.0 Å². The molecule has 2 heterocycles. The number of hydrogen-bond acceptors (Lipinski definition) is 2. The molecule has 1 nitrogen and oxygen atoms in total. The van der Waals surface area contributed by atoms with Gasteiger partial charge in [0.1, 0.15) is 4.83 Å². The van der Waals surface area contributed by atoms with Crippen LogP contribution in [0.25, 0.3) is 21.3 Å². The Kier molecular flexibility index (Phi) is 4.16. The van der Waals surface area contributed by atoms with Crippen molar-refractivity contribution in [3.05, 3.63) is 52.0 Å². The van der Waals surface area contributed by atoms with Crippen molar-refractivity contribution < 1.29 is 0 Å². The van der Waals surface area contributed by atoms with Gasteiger partial charge in [0.2, 0.25) is 0 Å². The number of hydrogen-bond donors (Lipinski definition) is 0. The molecule has 0 fully saturated rings. The SMILES string of the molecule is CC(C)(C)C1CCc2nc3sc4c(c3c(-c3ccccc3)c2C1)CCCC4. The lowest BCUT2D eigenvalue weighted by Crippen LogP contribution is -2.27. The molecule has 3 aromatic rings. The van der Waals surface area contributed by atoms with Gasteiger partial charge in [0.25, 0.3) is 0 Å². The number of thiophene rings is 1. The summed E-state index contributed by atoms with van der Waals surface area (Å²) in [6.07, 6.45) is 8.74. The Labute approximate surface area is 166 Å². The van der Waals surface area contributed by atoms with E-state index in [1.165, 1.54) is 65.6 Å². The molecule has 2 heteroatoms. The van der Waals surface area contributed by atoms with Crippen LogP contribution < -0.4 is 0 Å². The number of benzene rings is 1. The number of nitrogens with zero attached hydrogens (tertiary/aromatic N) is 1. The molecule has 1 aromatic carbocycles. The molecular weight excluding hydrogens is 346 g/mol. The minimum absolute atomic E-state index is 0.356. The summed E-state index contributed by atoms with van der Waals surface area (Å²) >= 11 is 1.98. The normalized spacial score (nSPS) is 19.7. The number of fused-ring (bicyclic) bond motifs is 4. The molecule has 2 aliphatic rings. The van der Waals surface area contributed by atoms with Crippen LogP contribution in [0.3, 0.4) is 0 Å². The fourth-order valence-electron chi connectivity index (χ4n) is 5.12. The summed E-state index contributed by atoms with van der Waals surface area (Å²) in [6.45, 7) is 7.22. The van der Waals surface area contributed by atoms with Crippen LogP contribution in [0.15, 0.2) is 30.3 Å². The lowest BCUT2D eigenvalue weighted by Gasteiger charge is -2.35. The Morgan fingerprint density at radius 2 is 1.74 bits per heavy atom. The van der Waals surface area contributed by atoms with E-state index in [0.717, 1.165) is 12.3 Å². The fourth-order valence-corrected chi connectivity index (χ4v) is 6.41. The third kappa shape index (κ3) is 2.93. The van der Waals surface area contributed by atoms with Gasteiger partial charge in [-0.3, -0.25) is 0 Å². The van der Waals surface area contributed by atoms with E-state index in [9.17, 15) is 0 Å². The van der Waals surface area contributed by atoms with Gasteiger partial charge in [-0.15, -0.1) is 11.3 Å². The van der Waals surface area contributed by atoms with Gasteiger partial charge in [-0.2, -0.15) is 0 Å². The lowest BCUT2D eigenvalue weighted by molar-refractivity contribution is 0.215. The van der Waals surface area contributed by atoms with Crippen molar-refractivity contribution in [2.75, 3.05) is 0 Å². The fraction of sp³-hybridized carbons (Fsp3) is 0.480. The van der Waals surface area contributed by atoms with Gasteiger partial charge in [-0.25, -0.2) is 4.98 Å². The minimum Gasteiger partial charge on any atom is -0.242 e. The highest BCUT2D eigenvalue weighted by Crippen LogP contribution is 2.46. The maximum atomic E-state index is 5.24. The zero-order chi connectivity index (χ0) is 18.6. The van der Waals surface area contributed by atoms with Crippen LogP contribution >= 0.6 is 11.3 Å². The van der Waals surface area contributed by atoms with Gasteiger partial charge < -0.3 is 0 Å². The molecule has 0 amide bonds. The van der Waals surface area contributed by atoms with Crippen LogP contribution in [0.1, 0.15) is 61.7 Å². The van der Waals surface area contributed by atoms with Crippen molar-refractivity contribution in [2.24, 2.45) is 11.3 Å². The van der Waals surface area contributed by atoms with Gasteiger partial charge in [0.05, 0.1) is 0 Å². The first-order valence-corrected chi connectivity index (χ1v) is 11.4.